The molecule has 2 fully saturated rings. The van der Waals surface area contributed by atoms with Gasteiger partial charge >= 0.3 is 5.97 Å². The smallest absolute Gasteiger partial charge is 0.319 e. The number of carbonyl (C=O) groups is 2. The predicted octanol–water partition coefficient (Wildman–Crippen LogP) is 3.45. The number of hydrogen-bond donors (Lipinski definition) is 0. The molecule has 1 spiro atoms. The Hall–Kier alpha value is -1.20. The highest BCUT2D eigenvalue weighted by atomic mass is 79.9. The fraction of sp³-hybridized carbons (Fsp3) is 0.556. The maximum atomic E-state index is 12.8. The lowest BCUT2D eigenvalue weighted by molar-refractivity contribution is -0.168. The van der Waals surface area contributed by atoms with Crippen LogP contribution in [-0.4, -0.2) is 31.1 Å². The standard InChI is InChI=1S/C18H21BrO4/c1-22-16(21)18(11-13-3-5-14(19)6-4-13)12-17(8-2-10-23-17)9-7-15(18)20/h3-6H,2,7-12H2,1H3. The second-order valence-corrected chi connectivity index (χ2v) is 7.53. The second-order valence-electron chi connectivity index (χ2n) is 6.61. The van der Waals surface area contributed by atoms with Gasteiger partial charge in [-0.1, -0.05) is 28.1 Å². The van der Waals surface area contributed by atoms with E-state index in [1.54, 1.807) is 0 Å². The fourth-order valence-corrected chi connectivity index (χ4v) is 4.24. The van der Waals surface area contributed by atoms with Gasteiger partial charge in [-0.25, -0.2) is 0 Å². The number of Topliss-reactive ketones (excluding diaryl/α,β-unsaturated/α-hetero) is 1. The molecule has 0 amide bonds. The quantitative estimate of drug-likeness (QED) is 0.595. The van der Waals surface area contributed by atoms with Crippen LogP contribution >= 0.6 is 15.9 Å². The molecular formula is C18H21BrO4. The maximum Gasteiger partial charge on any atom is 0.319 e. The molecule has 3 rings (SSSR count). The van der Waals surface area contributed by atoms with Crippen molar-refractivity contribution >= 4 is 27.7 Å². The second kappa shape index (κ2) is 6.36. The largest absolute Gasteiger partial charge is 0.468 e. The zero-order valence-electron chi connectivity index (χ0n) is 13.3. The van der Waals surface area contributed by atoms with E-state index in [9.17, 15) is 9.59 Å². The Morgan fingerprint density at radius 2 is 2.04 bits per heavy atom. The highest BCUT2D eigenvalue weighted by molar-refractivity contribution is 9.10. The van der Waals surface area contributed by atoms with Crippen LogP contribution < -0.4 is 0 Å². The fourth-order valence-electron chi connectivity index (χ4n) is 3.97. The van der Waals surface area contributed by atoms with E-state index in [0.717, 1.165) is 22.9 Å². The van der Waals surface area contributed by atoms with E-state index in [1.807, 2.05) is 24.3 Å². The van der Waals surface area contributed by atoms with Crippen molar-refractivity contribution in [3.05, 3.63) is 34.3 Å². The van der Waals surface area contributed by atoms with Gasteiger partial charge in [0, 0.05) is 17.5 Å². The SMILES string of the molecule is COC(=O)C1(Cc2ccc(Br)cc2)CC2(CCCO2)CCC1=O. The van der Waals surface area contributed by atoms with Crippen LogP contribution in [0.3, 0.4) is 0 Å². The van der Waals surface area contributed by atoms with Crippen molar-refractivity contribution in [2.75, 3.05) is 13.7 Å². The van der Waals surface area contributed by atoms with E-state index in [-0.39, 0.29) is 11.4 Å². The molecular weight excluding hydrogens is 360 g/mol. The number of halogens is 1. The number of carbonyl (C=O) groups excluding carboxylic acids is 2. The maximum absolute atomic E-state index is 12.8. The van der Waals surface area contributed by atoms with Gasteiger partial charge in [-0.15, -0.1) is 0 Å². The highest BCUT2D eigenvalue weighted by Gasteiger charge is 2.56. The molecule has 124 valence electrons. The van der Waals surface area contributed by atoms with Crippen molar-refractivity contribution in [2.24, 2.45) is 5.41 Å². The average molecular weight is 381 g/mol. The third-order valence-corrected chi connectivity index (χ3v) is 5.67. The molecule has 1 aromatic rings. The summed E-state index contributed by atoms with van der Waals surface area (Å²) in [5.41, 5.74) is -0.496. The van der Waals surface area contributed by atoms with Crippen molar-refractivity contribution < 1.29 is 19.1 Å². The normalized spacial score (nSPS) is 30.6. The molecule has 1 saturated heterocycles. The number of esters is 1. The van der Waals surface area contributed by atoms with Crippen LogP contribution in [0.4, 0.5) is 0 Å². The van der Waals surface area contributed by atoms with E-state index in [0.29, 0.717) is 32.3 Å². The lowest BCUT2D eigenvalue weighted by Crippen LogP contribution is -2.52. The van der Waals surface area contributed by atoms with Crippen molar-refractivity contribution in [3.8, 4) is 0 Å². The van der Waals surface area contributed by atoms with Gasteiger partial charge in [-0.05, 0) is 49.8 Å². The van der Waals surface area contributed by atoms with Crippen LogP contribution in [0.1, 0.15) is 37.7 Å². The summed E-state index contributed by atoms with van der Waals surface area (Å²) in [6.07, 6.45) is 3.80. The average Bonchev–Trinajstić information content (AvgIpc) is 3.00. The van der Waals surface area contributed by atoms with Crippen molar-refractivity contribution in [1.29, 1.82) is 0 Å². The van der Waals surface area contributed by atoms with Crippen molar-refractivity contribution in [2.45, 2.75) is 44.1 Å². The lowest BCUT2D eigenvalue weighted by Gasteiger charge is -2.42. The van der Waals surface area contributed by atoms with Crippen LogP contribution in [0.5, 0.6) is 0 Å². The van der Waals surface area contributed by atoms with E-state index in [1.165, 1.54) is 7.11 Å². The Balaban J connectivity index is 1.95. The van der Waals surface area contributed by atoms with Gasteiger partial charge in [-0.3, -0.25) is 9.59 Å². The molecule has 1 aromatic carbocycles. The lowest BCUT2D eigenvalue weighted by atomic mass is 9.63. The number of rotatable bonds is 3. The van der Waals surface area contributed by atoms with Gasteiger partial charge in [0.15, 0.2) is 5.78 Å². The van der Waals surface area contributed by atoms with Gasteiger partial charge in [0.1, 0.15) is 5.41 Å². The molecule has 1 heterocycles. The van der Waals surface area contributed by atoms with E-state index in [2.05, 4.69) is 15.9 Å². The molecule has 1 saturated carbocycles. The van der Waals surface area contributed by atoms with Crippen LogP contribution in [0.15, 0.2) is 28.7 Å². The number of methoxy groups -OCH3 is 1. The minimum atomic E-state index is -1.12. The summed E-state index contributed by atoms with van der Waals surface area (Å²) in [6.45, 7) is 0.712. The summed E-state index contributed by atoms with van der Waals surface area (Å²) in [5.74, 6) is -0.451. The van der Waals surface area contributed by atoms with Crippen LogP contribution in [-0.2, 0) is 25.5 Å². The summed E-state index contributed by atoms with van der Waals surface area (Å²) in [4.78, 5) is 25.4. The number of hydrogen-bond acceptors (Lipinski definition) is 4. The van der Waals surface area contributed by atoms with Crippen molar-refractivity contribution in [1.82, 2.24) is 0 Å². The molecule has 4 nitrogen and oxygen atoms in total. The zero-order valence-corrected chi connectivity index (χ0v) is 14.9. The van der Waals surface area contributed by atoms with E-state index in [4.69, 9.17) is 9.47 Å². The summed E-state index contributed by atoms with van der Waals surface area (Å²) < 4.78 is 12.0. The molecule has 2 aliphatic rings. The van der Waals surface area contributed by atoms with E-state index < -0.39 is 11.4 Å². The molecule has 0 bridgehead atoms. The zero-order chi connectivity index (χ0) is 16.5. The van der Waals surface area contributed by atoms with Gasteiger partial charge < -0.3 is 9.47 Å². The Morgan fingerprint density at radius 3 is 2.65 bits per heavy atom. The van der Waals surface area contributed by atoms with E-state index >= 15 is 0 Å². The number of ketones is 1. The molecule has 0 radical (unpaired) electrons. The Kier molecular flexibility index (Phi) is 4.61. The number of benzene rings is 1. The monoisotopic (exact) mass is 380 g/mol. The predicted molar refractivity (Wildman–Crippen MR) is 89.1 cm³/mol. The first-order chi connectivity index (χ1) is 11.0. The molecule has 5 heteroatoms. The minimum Gasteiger partial charge on any atom is -0.468 e. The topological polar surface area (TPSA) is 52.6 Å². The minimum absolute atomic E-state index is 0.0200. The van der Waals surface area contributed by atoms with Gasteiger partial charge in [0.2, 0.25) is 0 Å². The molecule has 2 unspecified atom stereocenters. The summed E-state index contributed by atoms with van der Waals surface area (Å²) in [7, 11) is 1.36. The van der Waals surface area contributed by atoms with Crippen LogP contribution in [0, 0.1) is 5.41 Å². The first-order valence-electron chi connectivity index (χ1n) is 8.00. The van der Waals surface area contributed by atoms with Gasteiger partial charge in [0.05, 0.1) is 12.7 Å². The summed E-state index contributed by atoms with van der Waals surface area (Å²) in [5, 5.41) is 0. The first-order valence-corrected chi connectivity index (χ1v) is 8.79. The van der Waals surface area contributed by atoms with Gasteiger partial charge in [-0.2, -0.15) is 0 Å². The van der Waals surface area contributed by atoms with Crippen molar-refractivity contribution in [3.63, 3.8) is 0 Å². The highest BCUT2D eigenvalue weighted by Crippen LogP contribution is 2.48. The third kappa shape index (κ3) is 3.09. The Labute approximate surface area is 144 Å². The Bertz CT molecular complexity index is 594. The molecule has 1 aliphatic heterocycles. The summed E-state index contributed by atoms with van der Waals surface area (Å²) >= 11 is 3.41. The first kappa shape index (κ1) is 16.7. The van der Waals surface area contributed by atoms with Crippen LogP contribution in [0.25, 0.3) is 0 Å². The van der Waals surface area contributed by atoms with Gasteiger partial charge in [0.25, 0.3) is 0 Å². The Morgan fingerprint density at radius 1 is 1.30 bits per heavy atom. The molecule has 23 heavy (non-hydrogen) atoms. The molecule has 0 aromatic heterocycles. The molecule has 1 aliphatic carbocycles. The third-order valence-electron chi connectivity index (χ3n) is 5.15. The number of ether oxygens (including phenoxy) is 2. The summed E-state index contributed by atoms with van der Waals surface area (Å²) in [6, 6.07) is 7.74. The molecule has 2 atom stereocenters. The molecule has 0 N–H and O–H groups in total. The van der Waals surface area contributed by atoms with Crippen LogP contribution in [0.2, 0.25) is 0 Å².